The normalized spacial score (nSPS) is 18.0. The van der Waals surface area contributed by atoms with Gasteiger partial charge in [0.05, 0.1) is 0 Å². The van der Waals surface area contributed by atoms with Crippen molar-refractivity contribution in [1.82, 2.24) is 0 Å². The topological polar surface area (TPSA) is 134 Å². The number of phosphoric acid groups is 2. The van der Waals surface area contributed by atoms with E-state index in [4.69, 9.17) is 19.8 Å². The van der Waals surface area contributed by atoms with Gasteiger partial charge >= 0.3 is 15.6 Å². The van der Waals surface area contributed by atoms with E-state index in [-0.39, 0.29) is 0 Å². The van der Waals surface area contributed by atoms with Gasteiger partial charge in [0.1, 0.15) is 0 Å². The lowest BCUT2D eigenvalue weighted by Gasteiger charge is -2.14. The molecule has 0 bridgehead atoms. The quantitative estimate of drug-likeness (QED) is 0.319. The summed E-state index contributed by atoms with van der Waals surface area (Å²) in [5.41, 5.74) is 0.582. The van der Waals surface area contributed by atoms with Crippen molar-refractivity contribution in [2.75, 3.05) is 0 Å². The van der Waals surface area contributed by atoms with Crippen LogP contribution in [0.15, 0.2) is 11.6 Å². The van der Waals surface area contributed by atoms with Crippen LogP contribution in [-0.2, 0) is 18.0 Å². The lowest BCUT2D eigenvalue weighted by Crippen LogP contribution is -2.08. The van der Waals surface area contributed by atoms with Crippen molar-refractivity contribution in [3.8, 4) is 0 Å². The smallest absolute Gasteiger partial charge is 0.364 e. The number of aliphatic hydroxyl groups excluding tert-OH is 1. The molecule has 0 saturated carbocycles. The van der Waals surface area contributed by atoms with Gasteiger partial charge in [0, 0.05) is 0 Å². The van der Waals surface area contributed by atoms with Crippen LogP contribution in [0.1, 0.15) is 13.8 Å². The fourth-order valence-corrected chi connectivity index (χ4v) is 2.17. The largest absolute Gasteiger partial charge is 0.483 e. The van der Waals surface area contributed by atoms with Gasteiger partial charge in [-0.15, -0.1) is 0 Å². The van der Waals surface area contributed by atoms with Crippen LogP contribution in [0, 0.1) is 0 Å². The Kier molecular flexibility index (Phi) is 5.32. The van der Waals surface area contributed by atoms with Crippen LogP contribution in [-0.4, -0.2) is 26.1 Å². The molecule has 0 radical (unpaired) electrons. The maximum atomic E-state index is 10.9. The van der Waals surface area contributed by atoms with E-state index >= 15 is 0 Å². The SMILES string of the molecule is CC(C)=CC(O)OP(=O)(O)OP(=O)(O)O. The first kappa shape index (κ1) is 15.0. The summed E-state index contributed by atoms with van der Waals surface area (Å²) in [6.07, 6.45) is -0.719. The summed E-state index contributed by atoms with van der Waals surface area (Å²) in [5, 5.41) is 8.99. The van der Waals surface area contributed by atoms with Crippen LogP contribution >= 0.6 is 15.6 Å². The van der Waals surface area contributed by atoms with Gasteiger partial charge in [-0.3, -0.25) is 4.52 Å². The lowest BCUT2D eigenvalue weighted by molar-refractivity contribution is 0.00121. The number of aliphatic hydroxyl groups is 1. The Bertz CT molecular complexity index is 326. The summed E-state index contributed by atoms with van der Waals surface area (Å²) in [6.45, 7) is 3.16. The maximum absolute atomic E-state index is 10.9. The molecular formula is C5H12O8P2. The fraction of sp³-hybridized carbons (Fsp3) is 0.600. The van der Waals surface area contributed by atoms with Crippen LogP contribution < -0.4 is 0 Å². The summed E-state index contributed by atoms with van der Waals surface area (Å²) >= 11 is 0. The van der Waals surface area contributed by atoms with E-state index < -0.39 is 21.9 Å². The maximum Gasteiger partial charge on any atom is 0.483 e. The second-order valence-electron chi connectivity index (χ2n) is 2.78. The van der Waals surface area contributed by atoms with Gasteiger partial charge in [-0.05, 0) is 19.9 Å². The van der Waals surface area contributed by atoms with E-state index in [1.165, 1.54) is 0 Å². The van der Waals surface area contributed by atoms with Gasteiger partial charge in [0.2, 0.25) is 0 Å². The van der Waals surface area contributed by atoms with E-state index in [1.807, 2.05) is 0 Å². The summed E-state index contributed by atoms with van der Waals surface area (Å²) in [5.74, 6) is 0. The molecule has 8 nitrogen and oxygen atoms in total. The van der Waals surface area contributed by atoms with Crippen molar-refractivity contribution in [2.45, 2.75) is 20.1 Å². The molecule has 0 spiro atoms. The first-order chi connectivity index (χ1) is 6.52. The van der Waals surface area contributed by atoms with Gasteiger partial charge in [-0.2, -0.15) is 4.31 Å². The molecule has 0 aliphatic heterocycles. The highest BCUT2D eigenvalue weighted by Gasteiger charge is 2.34. The summed E-state index contributed by atoms with van der Waals surface area (Å²) < 4.78 is 28.5. The van der Waals surface area contributed by atoms with Gasteiger partial charge in [-0.1, -0.05) is 5.57 Å². The van der Waals surface area contributed by atoms with Crippen LogP contribution in [0.3, 0.4) is 0 Å². The second-order valence-corrected chi connectivity index (χ2v) is 5.56. The molecule has 0 fully saturated rings. The van der Waals surface area contributed by atoms with Gasteiger partial charge < -0.3 is 19.8 Å². The average Bonchev–Trinajstić information content (AvgIpc) is 1.73. The fourth-order valence-electron chi connectivity index (χ4n) is 0.606. The number of phosphoric ester groups is 1. The zero-order chi connectivity index (χ0) is 12.3. The van der Waals surface area contributed by atoms with E-state index in [9.17, 15) is 9.13 Å². The third-order valence-electron chi connectivity index (χ3n) is 0.927. The van der Waals surface area contributed by atoms with E-state index in [1.54, 1.807) is 13.8 Å². The zero-order valence-electron chi connectivity index (χ0n) is 7.97. The van der Waals surface area contributed by atoms with Gasteiger partial charge in [-0.25, -0.2) is 9.13 Å². The highest BCUT2D eigenvalue weighted by atomic mass is 31.3. The molecule has 2 unspecified atom stereocenters. The van der Waals surface area contributed by atoms with Crippen LogP contribution in [0.25, 0.3) is 0 Å². The molecular weight excluding hydrogens is 250 g/mol. The Morgan fingerprint density at radius 2 is 1.73 bits per heavy atom. The van der Waals surface area contributed by atoms with Crippen LogP contribution in [0.4, 0.5) is 0 Å². The minimum atomic E-state index is -5.15. The highest BCUT2D eigenvalue weighted by molar-refractivity contribution is 7.60. The Balaban J connectivity index is 4.46. The van der Waals surface area contributed by atoms with Crippen molar-refractivity contribution in [2.24, 2.45) is 0 Å². The number of rotatable bonds is 5. The molecule has 0 saturated heterocycles. The summed E-state index contributed by atoms with van der Waals surface area (Å²) in [6, 6.07) is 0. The molecule has 0 rings (SSSR count). The van der Waals surface area contributed by atoms with Crippen molar-refractivity contribution < 1.29 is 37.8 Å². The summed E-state index contributed by atoms with van der Waals surface area (Å²) in [4.78, 5) is 25.2. The summed E-state index contributed by atoms with van der Waals surface area (Å²) in [7, 11) is -10.1. The Morgan fingerprint density at radius 3 is 2.07 bits per heavy atom. The Labute approximate surface area is 86.0 Å². The molecule has 0 aliphatic carbocycles. The number of allylic oxidation sites excluding steroid dienone is 1. The minimum Gasteiger partial charge on any atom is -0.364 e. The van der Waals surface area contributed by atoms with Crippen LogP contribution in [0.2, 0.25) is 0 Å². The number of hydrogen-bond acceptors (Lipinski definition) is 5. The predicted molar refractivity (Wildman–Crippen MR) is 49.5 cm³/mol. The molecule has 0 aromatic rings. The molecule has 15 heavy (non-hydrogen) atoms. The predicted octanol–water partition coefficient (Wildman–Crippen LogP) is 0.497. The minimum absolute atomic E-state index is 0.582. The van der Waals surface area contributed by atoms with E-state index in [0.717, 1.165) is 6.08 Å². The van der Waals surface area contributed by atoms with Crippen molar-refractivity contribution in [3.05, 3.63) is 11.6 Å². The molecule has 90 valence electrons. The highest BCUT2D eigenvalue weighted by Crippen LogP contribution is 2.58. The molecule has 10 heteroatoms. The molecule has 0 amide bonds. The average molecular weight is 262 g/mol. The molecule has 0 aliphatic rings. The first-order valence-corrected chi connectivity index (χ1v) is 6.65. The molecule has 0 aromatic carbocycles. The van der Waals surface area contributed by atoms with Gasteiger partial charge in [0.15, 0.2) is 6.29 Å². The van der Waals surface area contributed by atoms with E-state index in [2.05, 4.69) is 8.83 Å². The monoisotopic (exact) mass is 262 g/mol. The van der Waals surface area contributed by atoms with Crippen LogP contribution in [0.5, 0.6) is 0 Å². The lowest BCUT2D eigenvalue weighted by atomic mass is 10.3. The van der Waals surface area contributed by atoms with Crippen molar-refractivity contribution >= 4 is 15.6 Å². The Hall–Kier alpha value is -0.0400. The first-order valence-electron chi connectivity index (χ1n) is 3.63. The Morgan fingerprint density at radius 1 is 1.27 bits per heavy atom. The third-order valence-corrected chi connectivity index (χ3v) is 3.09. The van der Waals surface area contributed by atoms with Crippen molar-refractivity contribution in [1.29, 1.82) is 0 Å². The third kappa shape index (κ3) is 8.92. The molecule has 0 aromatic heterocycles. The van der Waals surface area contributed by atoms with E-state index in [0.29, 0.717) is 5.57 Å². The standard InChI is InChI=1S/C5H12O8P2/c1-4(2)3-5(6)12-15(10,11)13-14(7,8)9/h3,5-6H,1-2H3,(H,10,11)(H2,7,8,9). The molecule has 0 heterocycles. The second kappa shape index (κ2) is 5.34. The molecule has 2 atom stereocenters. The molecule has 4 N–H and O–H groups in total. The van der Waals surface area contributed by atoms with Gasteiger partial charge in [0.25, 0.3) is 0 Å². The van der Waals surface area contributed by atoms with Crippen molar-refractivity contribution in [3.63, 3.8) is 0 Å². The zero-order valence-corrected chi connectivity index (χ0v) is 9.76. The number of hydrogen-bond donors (Lipinski definition) is 4.